The maximum Gasteiger partial charge on any atom is 0.255 e. The van der Waals surface area contributed by atoms with E-state index < -0.39 is 11.9 Å². The van der Waals surface area contributed by atoms with Gasteiger partial charge in [0.05, 0.1) is 18.8 Å². The summed E-state index contributed by atoms with van der Waals surface area (Å²) in [5.41, 5.74) is 1.32. The number of piperazine rings is 1. The average Bonchev–Trinajstić information content (AvgIpc) is 2.90. The van der Waals surface area contributed by atoms with Gasteiger partial charge in [-0.1, -0.05) is 54.1 Å². The Balaban J connectivity index is 1.48. The second-order valence-electron chi connectivity index (χ2n) is 8.71. The summed E-state index contributed by atoms with van der Waals surface area (Å²) in [6, 6.07) is 22.7. The standard InChI is InChI=1S/C28H30ClN3O4/c1-31-15-17-32(18-16-31)28(34)25(20-35-19-21-7-3-2-4-8-21)30-27(33)24-9-5-6-10-26(24)36-23-13-11-22(29)12-14-23/h2-14,25H,15-20H2,1H3,(H,30,33). The van der Waals surface area contributed by atoms with Crippen LogP contribution in [0.5, 0.6) is 11.5 Å². The van der Waals surface area contributed by atoms with Gasteiger partial charge in [0.1, 0.15) is 17.5 Å². The summed E-state index contributed by atoms with van der Waals surface area (Å²) in [6.07, 6.45) is 0. The van der Waals surface area contributed by atoms with Gasteiger partial charge in [0.2, 0.25) is 5.91 Å². The Morgan fingerprint density at radius 1 is 0.917 bits per heavy atom. The monoisotopic (exact) mass is 507 g/mol. The lowest BCUT2D eigenvalue weighted by Crippen LogP contribution is -2.55. The predicted molar refractivity (Wildman–Crippen MR) is 139 cm³/mol. The molecule has 4 rings (SSSR count). The maximum absolute atomic E-state index is 13.4. The van der Waals surface area contributed by atoms with Gasteiger partial charge in [-0.05, 0) is 49.0 Å². The molecular weight excluding hydrogens is 478 g/mol. The number of ether oxygens (including phenoxy) is 2. The highest BCUT2D eigenvalue weighted by molar-refractivity contribution is 6.30. The molecule has 1 aliphatic heterocycles. The van der Waals surface area contributed by atoms with Gasteiger partial charge in [-0.25, -0.2) is 0 Å². The molecule has 1 fully saturated rings. The van der Waals surface area contributed by atoms with Crippen LogP contribution < -0.4 is 10.1 Å². The van der Waals surface area contributed by atoms with Gasteiger partial charge < -0.3 is 24.6 Å². The summed E-state index contributed by atoms with van der Waals surface area (Å²) in [5.74, 6) is 0.375. The third kappa shape index (κ3) is 7.07. The highest BCUT2D eigenvalue weighted by Gasteiger charge is 2.29. The summed E-state index contributed by atoms with van der Waals surface area (Å²) in [6.45, 7) is 3.20. The van der Waals surface area contributed by atoms with Gasteiger partial charge >= 0.3 is 0 Å². The van der Waals surface area contributed by atoms with Crippen LogP contribution in [-0.2, 0) is 16.1 Å². The molecule has 3 aromatic rings. The lowest BCUT2D eigenvalue weighted by molar-refractivity contribution is -0.136. The molecule has 0 aromatic heterocycles. The number of hydrogen-bond donors (Lipinski definition) is 1. The lowest BCUT2D eigenvalue weighted by Gasteiger charge is -2.34. The number of nitrogens with one attached hydrogen (secondary N) is 1. The van der Waals surface area contributed by atoms with E-state index in [-0.39, 0.29) is 12.5 Å². The smallest absolute Gasteiger partial charge is 0.255 e. The van der Waals surface area contributed by atoms with Crippen molar-refractivity contribution in [2.45, 2.75) is 12.6 Å². The number of halogens is 1. The normalized spacial score (nSPS) is 14.8. The predicted octanol–water partition coefficient (Wildman–Crippen LogP) is 4.22. The van der Waals surface area contributed by atoms with E-state index in [1.165, 1.54) is 0 Å². The van der Waals surface area contributed by atoms with Crippen molar-refractivity contribution < 1.29 is 19.1 Å². The van der Waals surface area contributed by atoms with Crippen molar-refractivity contribution in [1.82, 2.24) is 15.1 Å². The number of carbonyl (C=O) groups excluding carboxylic acids is 2. The van der Waals surface area contributed by atoms with Crippen molar-refractivity contribution in [1.29, 1.82) is 0 Å². The summed E-state index contributed by atoms with van der Waals surface area (Å²) in [5, 5.41) is 3.49. The average molecular weight is 508 g/mol. The zero-order chi connectivity index (χ0) is 25.3. The van der Waals surface area contributed by atoms with E-state index in [1.54, 1.807) is 53.4 Å². The first-order valence-electron chi connectivity index (χ1n) is 11.9. The van der Waals surface area contributed by atoms with E-state index in [4.69, 9.17) is 21.1 Å². The topological polar surface area (TPSA) is 71.1 Å². The molecule has 188 valence electrons. The second-order valence-corrected chi connectivity index (χ2v) is 9.14. The van der Waals surface area contributed by atoms with Crippen molar-refractivity contribution >= 4 is 23.4 Å². The molecule has 0 saturated carbocycles. The van der Waals surface area contributed by atoms with Crippen molar-refractivity contribution in [3.63, 3.8) is 0 Å². The van der Waals surface area contributed by atoms with Gasteiger partial charge in [-0.15, -0.1) is 0 Å². The molecule has 1 heterocycles. The van der Waals surface area contributed by atoms with Crippen LogP contribution in [0.15, 0.2) is 78.9 Å². The Kier molecular flexibility index (Phi) is 8.95. The Hall–Kier alpha value is -3.39. The molecule has 1 aliphatic rings. The van der Waals surface area contributed by atoms with Gasteiger partial charge in [-0.3, -0.25) is 9.59 Å². The van der Waals surface area contributed by atoms with Gasteiger partial charge in [0, 0.05) is 31.2 Å². The summed E-state index contributed by atoms with van der Waals surface area (Å²) < 4.78 is 11.8. The van der Waals surface area contributed by atoms with Crippen molar-refractivity contribution in [2.24, 2.45) is 0 Å². The van der Waals surface area contributed by atoms with Crippen LogP contribution in [0.25, 0.3) is 0 Å². The van der Waals surface area contributed by atoms with E-state index in [1.807, 2.05) is 37.4 Å². The van der Waals surface area contributed by atoms with Crippen LogP contribution in [-0.4, -0.2) is 67.5 Å². The zero-order valence-electron chi connectivity index (χ0n) is 20.2. The number of benzene rings is 3. The van der Waals surface area contributed by atoms with Crippen LogP contribution in [0.2, 0.25) is 5.02 Å². The van der Waals surface area contributed by atoms with Crippen molar-refractivity contribution in [2.75, 3.05) is 39.8 Å². The summed E-state index contributed by atoms with van der Waals surface area (Å²) in [4.78, 5) is 30.7. The Bertz CT molecular complexity index is 1150. The fourth-order valence-electron chi connectivity index (χ4n) is 3.90. The molecular formula is C28H30ClN3O4. The molecule has 0 radical (unpaired) electrons. The SMILES string of the molecule is CN1CCN(C(=O)C(COCc2ccccc2)NC(=O)c2ccccc2Oc2ccc(Cl)cc2)CC1. The lowest BCUT2D eigenvalue weighted by atomic mass is 10.1. The molecule has 3 aromatic carbocycles. The first kappa shape index (κ1) is 25.7. The van der Waals surface area contributed by atoms with E-state index in [0.29, 0.717) is 41.8 Å². The molecule has 8 heteroatoms. The molecule has 0 bridgehead atoms. The fraction of sp³-hybridized carbons (Fsp3) is 0.286. The number of likely N-dealkylation sites (N-methyl/N-ethyl adjacent to an activating group) is 1. The molecule has 1 unspecified atom stereocenters. The second kappa shape index (κ2) is 12.5. The third-order valence-corrected chi connectivity index (χ3v) is 6.24. The van der Waals surface area contributed by atoms with E-state index >= 15 is 0 Å². The molecule has 1 N–H and O–H groups in total. The molecule has 7 nitrogen and oxygen atoms in total. The summed E-state index contributed by atoms with van der Waals surface area (Å²) >= 11 is 5.97. The minimum atomic E-state index is -0.826. The minimum absolute atomic E-state index is 0.0615. The number of nitrogens with zero attached hydrogens (tertiary/aromatic N) is 2. The van der Waals surface area contributed by atoms with E-state index in [2.05, 4.69) is 10.2 Å². The van der Waals surface area contributed by atoms with E-state index in [0.717, 1.165) is 18.7 Å². The van der Waals surface area contributed by atoms with Crippen LogP contribution in [0, 0.1) is 0 Å². The number of amides is 2. The zero-order valence-corrected chi connectivity index (χ0v) is 21.0. The van der Waals surface area contributed by atoms with Crippen LogP contribution in [0.3, 0.4) is 0 Å². The maximum atomic E-state index is 13.4. The Morgan fingerprint density at radius 3 is 2.31 bits per heavy atom. The first-order chi connectivity index (χ1) is 17.5. The fourth-order valence-corrected chi connectivity index (χ4v) is 4.03. The largest absolute Gasteiger partial charge is 0.457 e. The third-order valence-electron chi connectivity index (χ3n) is 5.99. The van der Waals surface area contributed by atoms with Crippen LogP contribution in [0.4, 0.5) is 0 Å². The number of para-hydroxylation sites is 1. The molecule has 1 atom stereocenters. The van der Waals surface area contributed by atoms with Crippen molar-refractivity contribution in [3.8, 4) is 11.5 Å². The quantitative estimate of drug-likeness (QED) is 0.469. The number of rotatable bonds is 9. The Labute approximate surface area is 216 Å². The van der Waals surface area contributed by atoms with Gasteiger partial charge in [-0.2, -0.15) is 0 Å². The first-order valence-corrected chi connectivity index (χ1v) is 12.3. The van der Waals surface area contributed by atoms with Crippen LogP contribution >= 0.6 is 11.6 Å². The molecule has 36 heavy (non-hydrogen) atoms. The molecule has 0 spiro atoms. The highest BCUT2D eigenvalue weighted by atomic mass is 35.5. The molecule has 0 aliphatic carbocycles. The minimum Gasteiger partial charge on any atom is -0.457 e. The number of hydrogen-bond acceptors (Lipinski definition) is 5. The molecule has 1 saturated heterocycles. The number of carbonyl (C=O) groups is 2. The van der Waals surface area contributed by atoms with Crippen LogP contribution in [0.1, 0.15) is 15.9 Å². The highest BCUT2D eigenvalue weighted by Crippen LogP contribution is 2.26. The Morgan fingerprint density at radius 2 is 1.58 bits per heavy atom. The van der Waals surface area contributed by atoms with Gasteiger partial charge in [0.25, 0.3) is 5.91 Å². The van der Waals surface area contributed by atoms with E-state index in [9.17, 15) is 9.59 Å². The van der Waals surface area contributed by atoms with Gasteiger partial charge in [0.15, 0.2) is 0 Å². The summed E-state index contributed by atoms with van der Waals surface area (Å²) in [7, 11) is 2.03. The van der Waals surface area contributed by atoms with Crippen molar-refractivity contribution in [3.05, 3.63) is 95.0 Å². The molecule has 2 amide bonds.